The number of aliphatic hydroxyl groups is 1. The molecule has 0 aliphatic carbocycles. The van der Waals surface area contributed by atoms with Crippen molar-refractivity contribution in [2.75, 3.05) is 18.0 Å². The van der Waals surface area contributed by atoms with Crippen LogP contribution in [-0.4, -0.2) is 24.3 Å². The van der Waals surface area contributed by atoms with E-state index < -0.39 is 0 Å². The predicted molar refractivity (Wildman–Crippen MR) is 75.1 cm³/mol. The maximum absolute atomic E-state index is 8.81. The highest BCUT2D eigenvalue weighted by atomic mass is 35.5. The molecule has 0 saturated heterocycles. The number of benzene rings is 1. The van der Waals surface area contributed by atoms with Gasteiger partial charge in [-0.3, -0.25) is 5.01 Å². The molecule has 0 aliphatic heterocycles. The molecule has 0 heterocycles. The summed E-state index contributed by atoms with van der Waals surface area (Å²) in [6.07, 6.45) is 1.52. The molecule has 0 bridgehead atoms. The Morgan fingerprint density at radius 2 is 2.18 bits per heavy atom. The lowest BCUT2D eigenvalue weighted by Gasteiger charge is -2.12. The molecule has 3 N–H and O–H groups in total. The van der Waals surface area contributed by atoms with Crippen LogP contribution < -0.4 is 10.7 Å². The summed E-state index contributed by atoms with van der Waals surface area (Å²) < 4.78 is 0. The average Bonchev–Trinajstić information content (AvgIpc) is 2.34. The Morgan fingerprint density at radius 3 is 2.71 bits per heavy atom. The quantitative estimate of drug-likeness (QED) is 0.373. The minimum absolute atomic E-state index is 0.0934. The van der Waals surface area contributed by atoms with E-state index >= 15 is 0 Å². The summed E-state index contributed by atoms with van der Waals surface area (Å²) in [4.78, 5) is 0.539. The van der Waals surface area contributed by atoms with E-state index in [4.69, 9.17) is 22.4 Å². The normalized spacial score (nSPS) is 12.6. The third-order valence-corrected chi connectivity index (χ3v) is 3.01. The van der Waals surface area contributed by atoms with Crippen molar-refractivity contribution in [2.24, 2.45) is 10.8 Å². The number of nitrogens with zero attached hydrogens (tertiary/aromatic N) is 2. The Bertz CT molecular complexity index is 404. The molecular weight excluding hydrogens is 258 g/mol. The van der Waals surface area contributed by atoms with Crippen LogP contribution in [0.3, 0.4) is 0 Å². The number of anilines is 1. The van der Waals surface area contributed by atoms with Crippen LogP contribution in [0.15, 0.2) is 45.5 Å². The minimum Gasteiger partial charge on any atom is -0.389 e. The van der Waals surface area contributed by atoms with Crippen LogP contribution in [0.5, 0.6) is 0 Å². The van der Waals surface area contributed by atoms with Crippen LogP contribution in [0, 0.1) is 0 Å². The molecule has 0 fully saturated rings. The van der Waals surface area contributed by atoms with Gasteiger partial charge in [0.15, 0.2) is 0 Å². The zero-order valence-electron chi connectivity index (χ0n) is 9.38. The van der Waals surface area contributed by atoms with Crippen LogP contribution >= 0.6 is 23.4 Å². The highest BCUT2D eigenvalue weighted by molar-refractivity contribution is 8.03. The van der Waals surface area contributed by atoms with Gasteiger partial charge in [0.1, 0.15) is 5.16 Å². The zero-order chi connectivity index (χ0) is 12.7. The number of thioether (sulfide) groups is 1. The van der Waals surface area contributed by atoms with Gasteiger partial charge in [-0.05, 0) is 12.1 Å². The molecule has 0 spiro atoms. The van der Waals surface area contributed by atoms with Crippen LogP contribution in [0.2, 0.25) is 0 Å². The Morgan fingerprint density at radius 1 is 1.53 bits per heavy atom. The number of allylic oxidation sites excluding steroid dienone is 1. The molecule has 92 valence electrons. The first-order valence-corrected chi connectivity index (χ1v) is 6.23. The largest absolute Gasteiger partial charge is 0.389 e. The molecule has 0 unspecified atom stereocenters. The first kappa shape index (κ1) is 13.9. The highest BCUT2D eigenvalue weighted by Gasteiger charge is 2.00. The van der Waals surface area contributed by atoms with E-state index in [2.05, 4.69) is 5.10 Å². The molecule has 1 aromatic carbocycles. The van der Waals surface area contributed by atoms with Crippen molar-refractivity contribution in [3.8, 4) is 0 Å². The molecular formula is C11H14ClN3OS. The van der Waals surface area contributed by atoms with Gasteiger partial charge < -0.3 is 10.8 Å². The summed E-state index contributed by atoms with van der Waals surface area (Å²) in [6, 6.07) is 9.66. The number of hydrogen-bond donors (Lipinski definition) is 2. The summed E-state index contributed by atoms with van der Waals surface area (Å²) in [5.74, 6) is -0.0934. The molecule has 0 aromatic heterocycles. The number of rotatable bonds is 5. The Hall–Kier alpha value is -1.17. The van der Waals surface area contributed by atoms with Gasteiger partial charge >= 0.3 is 0 Å². The number of halogens is 1. The smallest absolute Gasteiger partial charge is 0.115 e. The molecule has 0 atom stereocenters. The molecule has 4 nitrogen and oxygen atoms in total. The Kier molecular flexibility index (Phi) is 5.90. The van der Waals surface area contributed by atoms with E-state index in [0.717, 1.165) is 17.4 Å². The fourth-order valence-electron chi connectivity index (χ4n) is 1.09. The lowest BCUT2D eigenvalue weighted by atomic mass is 10.3. The number of hydrogen-bond acceptors (Lipinski definition) is 5. The van der Waals surface area contributed by atoms with Crippen molar-refractivity contribution in [1.29, 1.82) is 0 Å². The summed E-state index contributed by atoms with van der Waals surface area (Å²) in [7, 11) is 1.82. The molecule has 0 radical (unpaired) electrons. The van der Waals surface area contributed by atoms with Crippen molar-refractivity contribution in [2.45, 2.75) is 0 Å². The monoisotopic (exact) mass is 271 g/mol. The molecule has 0 saturated carbocycles. The van der Waals surface area contributed by atoms with Crippen LogP contribution in [-0.2, 0) is 0 Å². The molecule has 1 aromatic rings. The van der Waals surface area contributed by atoms with E-state index in [9.17, 15) is 0 Å². The van der Waals surface area contributed by atoms with Gasteiger partial charge in [0.05, 0.1) is 22.7 Å². The Balaban J connectivity index is 2.74. The van der Waals surface area contributed by atoms with Crippen LogP contribution in [0.25, 0.3) is 0 Å². The van der Waals surface area contributed by atoms with Gasteiger partial charge in [-0.1, -0.05) is 41.6 Å². The number of aliphatic hydroxyl groups excluding tert-OH is 1. The highest BCUT2D eigenvalue weighted by Crippen LogP contribution is 2.17. The maximum Gasteiger partial charge on any atom is 0.115 e. The number of nitrogens with two attached hydrogens (primary N) is 1. The van der Waals surface area contributed by atoms with E-state index in [-0.39, 0.29) is 11.1 Å². The number of hydrazone groups is 1. The first-order chi connectivity index (χ1) is 8.15. The van der Waals surface area contributed by atoms with Gasteiger partial charge in [-0.25, -0.2) is 0 Å². The second kappa shape index (κ2) is 7.21. The number of para-hydroxylation sites is 1. The van der Waals surface area contributed by atoms with Crippen molar-refractivity contribution in [3.63, 3.8) is 0 Å². The summed E-state index contributed by atoms with van der Waals surface area (Å²) in [5, 5.41) is 14.8. The molecule has 17 heavy (non-hydrogen) atoms. The van der Waals surface area contributed by atoms with Crippen LogP contribution in [0.1, 0.15) is 0 Å². The first-order valence-electron chi connectivity index (χ1n) is 4.87. The third-order valence-electron chi connectivity index (χ3n) is 1.93. The summed E-state index contributed by atoms with van der Waals surface area (Å²) >= 11 is 6.79. The zero-order valence-corrected chi connectivity index (χ0v) is 10.9. The lowest BCUT2D eigenvalue weighted by Crippen LogP contribution is -2.09. The second-order valence-corrected chi connectivity index (χ2v) is 4.48. The van der Waals surface area contributed by atoms with Crippen LogP contribution in [0.4, 0.5) is 5.69 Å². The fraction of sp³-hybridized carbons (Fsp3) is 0.182. The summed E-state index contributed by atoms with van der Waals surface area (Å²) in [5.41, 5.74) is 6.40. The van der Waals surface area contributed by atoms with Gasteiger partial charge in [0.2, 0.25) is 0 Å². The van der Waals surface area contributed by atoms with Crippen molar-refractivity contribution in [3.05, 3.63) is 40.4 Å². The van der Waals surface area contributed by atoms with Gasteiger partial charge in [-0.2, -0.15) is 5.10 Å². The third kappa shape index (κ3) is 4.68. The van der Waals surface area contributed by atoms with Crippen molar-refractivity contribution in [1.82, 2.24) is 0 Å². The van der Waals surface area contributed by atoms with E-state index in [1.54, 1.807) is 5.01 Å². The maximum atomic E-state index is 8.81. The van der Waals surface area contributed by atoms with Crippen molar-refractivity contribution < 1.29 is 5.11 Å². The SMILES string of the molecule is CN(/N=C/C(SCO)=C(/N)Cl)c1ccccc1. The molecule has 6 heteroatoms. The fourth-order valence-corrected chi connectivity index (χ4v) is 1.70. The second-order valence-electron chi connectivity index (χ2n) is 3.09. The molecule has 0 aliphatic rings. The van der Waals surface area contributed by atoms with Crippen molar-refractivity contribution >= 4 is 35.3 Å². The van der Waals surface area contributed by atoms with E-state index in [1.807, 2.05) is 37.4 Å². The lowest BCUT2D eigenvalue weighted by molar-refractivity contribution is 0.376. The van der Waals surface area contributed by atoms with E-state index in [0.29, 0.717) is 4.91 Å². The van der Waals surface area contributed by atoms with Gasteiger partial charge in [-0.15, -0.1) is 0 Å². The standard InChI is InChI=1S/C11H14ClN3OS/c1-15(9-5-3-2-4-6-9)14-7-10(11(12)13)17-8-16/h2-7,16H,8,13H2,1H3/b11-10-,14-7+. The van der Waals surface area contributed by atoms with Gasteiger partial charge in [0, 0.05) is 7.05 Å². The Labute approximate surface area is 110 Å². The van der Waals surface area contributed by atoms with E-state index in [1.165, 1.54) is 6.21 Å². The van der Waals surface area contributed by atoms with Gasteiger partial charge in [0.25, 0.3) is 0 Å². The minimum atomic E-state index is -0.0934. The molecule has 0 amide bonds. The molecule has 1 rings (SSSR count). The average molecular weight is 272 g/mol. The summed E-state index contributed by atoms with van der Waals surface area (Å²) in [6.45, 7) is 0. The predicted octanol–water partition coefficient (Wildman–Crippen LogP) is 2.16. The topological polar surface area (TPSA) is 61.8 Å².